The van der Waals surface area contributed by atoms with Crippen molar-refractivity contribution in [3.8, 4) is 16.9 Å². The summed E-state index contributed by atoms with van der Waals surface area (Å²) >= 11 is 8.36. The van der Waals surface area contributed by atoms with Crippen molar-refractivity contribution in [1.29, 1.82) is 0 Å². The van der Waals surface area contributed by atoms with E-state index in [2.05, 4.69) is 38.1 Å². The van der Waals surface area contributed by atoms with Crippen molar-refractivity contribution in [1.82, 2.24) is 10.4 Å². The number of aromatic amines is 1. The molecule has 0 atom stereocenters. The zero-order valence-electron chi connectivity index (χ0n) is 19.2. The molecule has 0 saturated heterocycles. The van der Waals surface area contributed by atoms with Crippen molar-refractivity contribution in [3.05, 3.63) is 122 Å². The van der Waals surface area contributed by atoms with Gasteiger partial charge in [-0.2, -0.15) is 5.10 Å². The third-order valence-corrected chi connectivity index (χ3v) is 6.89. The molecule has 0 aliphatic carbocycles. The van der Waals surface area contributed by atoms with Crippen LogP contribution in [0, 0.1) is 3.57 Å². The van der Waals surface area contributed by atoms with E-state index in [0.29, 0.717) is 16.3 Å². The molecule has 5 aromatic rings. The molecule has 182 valence electrons. The fourth-order valence-electron chi connectivity index (χ4n) is 3.93. The van der Waals surface area contributed by atoms with Crippen LogP contribution in [-0.2, 0) is 0 Å². The number of carbonyl (C=O) groups excluding carboxylic acids is 2. The molecule has 0 bridgehead atoms. The number of nitrogens with zero attached hydrogens (tertiary/aromatic N) is 1. The summed E-state index contributed by atoms with van der Waals surface area (Å²) in [6.45, 7) is 0. The van der Waals surface area contributed by atoms with Crippen LogP contribution in [-0.4, -0.2) is 23.1 Å². The molecule has 0 spiro atoms. The number of esters is 1. The first kappa shape index (κ1) is 24.7. The van der Waals surface area contributed by atoms with E-state index < -0.39 is 11.9 Å². The van der Waals surface area contributed by atoms with Gasteiger partial charge in [0.25, 0.3) is 5.91 Å². The second-order valence-corrected chi connectivity index (χ2v) is 9.58. The summed E-state index contributed by atoms with van der Waals surface area (Å²) in [4.78, 5) is 29.1. The van der Waals surface area contributed by atoms with Crippen molar-refractivity contribution < 1.29 is 14.3 Å². The van der Waals surface area contributed by atoms with E-state index in [-0.39, 0.29) is 11.3 Å². The van der Waals surface area contributed by atoms with E-state index in [1.807, 2.05) is 48.5 Å². The molecule has 2 N–H and O–H groups in total. The van der Waals surface area contributed by atoms with Crippen LogP contribution in [0.4, 0.5) is 0 Å². The maximum atomic E-state index is 13.2. The summed E-state index contributed by atoms with van der Waals surface area (Å²) in [5.41, 5.74) is 6.37. The lowest BCUT2D eigenvalue weighted by molar-refractivity contribution is 0.0734. The number of para-hydroxylation sites is 2. The molecule has 37 heavy (non-hydrogen) atoms. The molecule has 5 rings (SSSR count). The SMILES string of the molecule is O=C(Oc1ccccc1C=NNC(=O)c1[nH]c2c(I)cccc2c1-c1ccccc1)c1ccccc1Cl. The van der Waals surface area contributed by atoms with Gasteiger partial charge in [0.05, 0.1) is 22.3 Å². The Labute approximate surface area is 231 Å². The van der Waals surface area contributed by atoms with E-state index in [9.17, 15) is 9.59 Å². The molecule has 8 heteroatoms. The Bertz CT molecular complexity index is 1650. The highest BCUT2D eigenvalue weighted by atomic mass is 127. The molecule has 0 saturated carbocycles. The van der Waals surface area contributed by atoms with Gasteiger partial charge in [0, 0.05) is 20.1 Å². The lowest BCUT2D eigenvalue weighted by Crippen LogP contribution is -2.19. The Balaban J connectivity index is 1.40. The van der Waals surface area contributed by atoms with Gasteiger partial charge < -0.3 is 9.72 Å². The Kier molecular flexibility index (Phi) is 7.34. The lowest BCUT2D eigenvalue weighted by atomic mass is 10.0. The number of benzene rings is 4. The van der Waals surface area contributed by atoms with Crippen molar-refractivity contribution in [2.24, 2.45) is 5.10 Å². The Hall–Kier alpha value is -3.95. The molecule has 1 heterocycles. The average Bonchev–Trinajstić information content (AvgIpc) is 3.31. The number of aromatic nitrogens is 1. The fraction of sp³-hybridized carbons (Fsp3) is 0. The van der Waals surface area contributed by atoms with Gasteiger partial charge in [-0.25, -0.2) is 10.2 Å². The van der Waals surface area contributed by atoms with Crippen LogP contribution in [0.3, 0.4) is 0 Å². The van der Waals surface area contributed by atoms with Gasteiger partial charge in [-0.05, 0) is 58.5 Å². The predicted octanol–water partition coefficient (Wildman–Crippen LogP) is 7.08. The Morgan fingerprint density at radius 3 is 2.43 bits per heavy atom. The summed E-state index contributed by atoms with van der Waals surface area (Å²) in [6, 6.07) is 29.2. The van der Waals surface area contributed by atoms with Gasteiger partial charge in [0.1, 0.15) is 11.4 Å². The largest absolute Gasteiger partial charge is 0.422 e. The fourth-order valence-corrected chi connectivity index (χ4v) is 4.78. The molecule has 4 aromatic carbocycles. The molecule has 0 unspecified atom stereocenters. The van der Waals surface area contributed by atoms with E-state index in [1.165, 1.54) is 6.21 Å². The van der Waals surface area contributed by atoms with Crippen LogP contribution in [0.1, 0.15) is 26.4 Å². The van der Waals surface area contributed by atoms with Gasteiger partial charge >= 0.3 is 5.97 Å². The number of H-pyrrole nitrogens is 1. The van der Waals surface area contributed by atoms with Gasteiger partial charge in [0.15, 0.2) is 0 Å². The third kappa shape index (κ3) is 5.28. The van der Waals surface area contributed by atoms with Gasteiger partial charge in [0.2, 0.25) is 0 Å². The number of amides is 1. The van der Waals surface area contributed by atoms with Crippen LogP contribution < -0.4 is 10.2 Å². The zero-order chi connectivity index (χ0) is 25.8. The number of carbonyl (C=O) groups is 2. The lowest BCUT2D eigenvalue weighted by Gasteiger charge is -2.08. The van der Waals surface area contributed by atoms with Gasteiger partial charge in [-0.1, -0.05) is 78.3 Å². The smallest absolute Gasteiger partial charge is 0.345 e. The molecular formula is C29H19ClIN3O3. The molecule has 6 nitrogen and oxygen atoms in total. The van der Waals surface area contributed by atoms with Crippen molar-refractivity contribution in [2.45, 2.75) is 0 Å². The first-order valence-electron chi connectivity index (χ1n) is 11.3. The van der Waals surface area contributed by atoms with Crippen LogP contribution in [0.25, 0.3) is 22.0 Å². The zero-order valence-corrected chi connectivity index (χ0v) is 22.2. The van der Waals surface area contributed by atoms with E-state index in [1.54, 1.807) is 48.5 Å². The summed E-state index contributed by atoms with van der Waals surface area (Å²) in [5.74, 6) is -0.695. The predicted molar refractivity (Wildman–Crippen MR) is 154 cm³/mol. The number of ether oxygens (including phenoxy) is 1. The topological polar surface area (TPSA) is 83.5 Å². The normalized spacial score (nSPS) is 11.1. The first-order chi connectivity index (χ1) is 18.0. The highest BCUT2D eigenvalue weighted by Crippen LogP contribution is 2.34. The van der Waals surface area contributed by atoms with Crippen LogP contribution in [0.15, 0.2) is 102 Å². The highest BCUT2D eigenvalue weighted by molar-refractivity contribution is 14.1. The third-order valence-electron chi connectivity index (χ3n) is 5.66. The summed E-state index contributed by atoms with van der Waals surface area (Å²) in [6.07, 6.45) is 1.43. The first-order valence-corrected chi connectivity index (χ1v) is 12.7. The highest BCUT2D eigenvalue weighted by Gasteiger charge is 2.20. The Morgan fingerprint density at radius 1 is 0.892 bits per heavy atom. The van der Waals surface area contributed by atoms with Crippen LogP contribution >= 0.6 is 34.2 Å². The van der Waals surface area contributed by atoms with Gasteiger partial charge in [-0.3, -0.25) is 4.79 Å². The standard InChI is InChI=1S/C29H19ClIN3O3/c30-22-14-6-5-12-20(22)29(36)37-24-16-7-4-11-19(24)17-32-34-28(35)27-25(18-9-2-1-3-10-18)21-13-8-15-23(31)26(21)33-27/h1-17,33H,(H,34,35). The van der Waals surface area contributed by atoms with Gasteiger partial charge in [-0.15, -0.1) is 0 Å². The molecule has 0 radical (unpaired) electrons. The maximum Gasteiger partial charge on any atom is 0.345 e. The number of nitrogens with one attached hydrogen (secondary N) is 2. The minimum absolute atomic E-state index is 0.256. The number of rotatable bonds is 6. The van der Waals surface area contributed by atoms with Crippen molar-refractivity contribution in [3.63, 3.8) is 0 Å². The molecule has 1 aromatic heterocycles. The van der Waals surface area contributed by atoms with E-state index >= 15 is 0 Å². The van der Waals surface area contributed by atoms with Crippen molar-refractivity contribution >= 4 is 63.2 Å². The number of hydrogen-bond acceptors (Lipinski definition) is 4. The number of halogens is 2. The maximum absolute atomic E-state index is 13.2. The van der Waals surface area contributed by atoms with Crippen LogP contribution in [0.5, 0.6) is 5.75 Å². The minimum Gasteiger partial charge on any atom is -0.422 e. The molecule has 0 aliphatic rings. The second-order valence-electron chi connectivity index (χ2n) is 8.01. The molecule has 1 amide bonds. The monoisotopic (exact) mass is 619 g/mol. The summed E-state index contributed by atoms with van der Waals surface area (Å²) in [7, 11) is 0. The molecule has 0 aliphatic heterocycles. The van der Waals surface area contributed by atoms with E-state index in [0.717, 1.165) is 25.6 Å². The summed E-state index contributed by atoms with van der Waals surface area (Å²) < 4.78 is 6.55. The molecular weight excluding hydrogens is 601 g/mol. The van der Waals surface area contributed by atoms with E-state index in [4.69, 9.17) is 16.3 Å². The second kappa shape index (κ2) is 11.0. The number of hydrogen-bond donors (Lipinski definition) is 2. The number of hydrazone groups is 1. The van der Waals surface area contributed by atoms with Crippen molar-refractivity contribution in [2.75, 3.05) is 0 Å². The van der Waals surface area contributed by atoms with Crippen LogP contribution in [0.2, 0.25) is 5.02 Å². The molecule has 0 fully saturated rings. The average molecular weight is 620 g/mol. The Morgan fingerprint density at radius 2 is 1.62 bits per heavy atom. The number of fused-ring (bicyclic) bond motifs is 1. The summed E-state index contributed by atoms with van der Waals surface area (Å²) in [5, 5.41) is 5.39. The minimum atomic E-state index is -0.587. The quantitative estimate of drug-likeness (QED) is 0.0701.